The Hall–Kier alpha value is -2.15. The molecule has 1 aliphatic rings. The van der Waals surface area contributed by atoms with Gasteiger partial charge in [0.2, 0.25) is 5.91 Å². The van der Waals surface area contributed by atoms with E-state index in [1.54, 1.807) is 18.3 Å². The number of amides is 2. The first-order chi connectivity index (χ1) is 10.9. The van der Waals surface area contributed by atoms with E-state index in [9.17, 15) is 9.59 Å². The van der Waals surface area contributed by atoms with Crippen LogP contribution in [0.1, 0.15) is 31.1 Å². The molecule has 1 aromatic heterocycles. The third-order valence-electron chi connectivity index (χ3n) is 3.27. The van der Waals surface area contributed by atoms with Crippen molar-refractivity contribution in [3.8, 4) is 0 Å². The Morgan fingerprint density at radius 2 is 2.00 bits per heavy atom. The molecule has 0 unspecified atom stereocenters. The summed E-state index contributed by atoms with van der Waals surface area (Å²) in [4.78, 5) is 30.5. The van der Waals surface area contributed by atoms with Crippen LogP contribution in [0.25, 0.3) is 0 Å². The monoisotopic (exact) mass is 320 g/mol. The fourth-order valence-corrected chi connectivity index (χ4v) is 2.32. The maximum absolute atomic E-state index is 12.4. The molecular formula is C16H24N4O3. The average Bonchev–Trinajstić information content (AvgIpc) is 2.52. The summed E-state index contributed by atoms with van der Waals surface area (Å²) in [5, 5.41) is 5.46. The van der Waals surface area contributed by atoms with Crippen LogP contribution < -0.4 is 15.5 Å². The summed E-state index contributed by atoms with van der Waals surface area (Å²) in [6, 6.07) is 3.43. The van der Waals surface area contributed by atoms with Crippen LogP contribution in [0.5, 0.6) is 0 Å². The third kappa shape index (κ3) is 5.21. The van der Waals surface area contributed by atoms with E-state index in [1.807, 2.05) is 25.7 Å². The number of hydrogen-bond acceptors (Lipinski definition) is 5. The maximum Gasteiger partial charge on any atom is 0.255 e. The molecule has 2 amide bonds. The summed E-state index contributed by atoms with van der Waals surface area (Å²) >= 11 is 0. The molecule has 126 valence electrons. The molecule has 7 nitrogen and oxygen atoms in total. The summed E-state index contributed by atoms with van der Waals surface area (Å²) in [6.07, 6.45) is 1.66. The first-order valence-corrected chi connectivity index (χ1v) is 7.74. The Morgan fingerprint density at radius 3 is 2.65 bits per heavy atom. The number of rotatable bonds is 4. The molecule has 2 heterocycles. The minimum absolute atomic E-state index is 0.0620. The van der Waals surface area contributed by atoms with E-state index < -0.39 is 0 Å². The van der Waals surface area contributed by atoms with Gasteiger partial charge in [0.25, 0.3) is 5.91 Å². The van der Waals surface area contributed by atoms with E-state index in [4.69, 9.17) is 4.74 Å². The lowest BCUT2D eigenvalue weighted by Crippen LogP contribution is -2.46. The molecule has 7 heteroatoms. The molecule has 1 saturated heterocycles. The van der Waals surface area contributed by atoms with Crippen molar-refractivity contribution in [1.82, 2.24) is 15.6 Å². The molecule has 0 spiro atoms. The second kappa shape index (κ2) is 7.41. The Bertz CT molecular complexity index is 563. The van der Waals surface area contributed by atoms with Crippen molar-refractivity contribution >= 4 is 17.6 Å². The topological polar surface area (TPSA) is 83.6 Å². The molecule has 0 saturated carbocycles. The van der Waals surface area contributed by atoms with Crippen molar-refractivity contribution in [2.45, 2.75) is 26.3 Å². The highest BCUT2D eigenvalue weighted by Crippen LogP contribution is 2.18. The van der Waals surface area contributed by atoms with Gasteiger partial charge in [0, 0.05) is 24.8 Å². The first kappa shape index (κ1) is 17.2. The fraction of sp³-hybridized carbons (Fsp3) is 0.562. The molecule has 0 bridgehead atoms. The summed E-state index contributed by atoms with van der Waals surface area (Å²) < 4.78 is 5.32. The Labute approximate surface area is 136 Å². The van der Waals surface area contributed by atoms with Crippen LogP contribution >= 0.6 is 0 Å². The standard InChI is InChI=1S/C16H24N4O3/c1-16(2,3)19-13(21)11-18-15(22)12-5-4-6-17-14(12)20-7-9-23-10-8-20/h4-6H,7-11H2,1-3H3,(H,18,22)(H,19,21). The van der Waals surface area contributed by atoms with Crippen LogP contribution in [0.4, 0.5) is 5.82 Å². The molecular weight excluding hydrogens is 296 g/mol. The maximum atomic E-state index is 12.4. The van der Waals surface area contributed by atoms with Crippen molar-refractivity contribution in [3.63, 3.8) is 0 Å². The number of carbonyl (C=O) groups excluding carboxylic acids is 2. The molecule has 1 fully saturated rings. The number of morpholine rings is 1. The Kier molecular flexibility index (Phi) is 5.54. The number of nitrogens with zero attached hydrogens (tertiary/aromatic N) is 2. The van der Waals surface area contributed by atoms with Gasteiger partial charge >= 0.3 is 0 Å². The second-order valence-corrected chi connectivity index (χ2v) is 6.45. The van der Waals surface area contributed by atoms with E-state index in [2.05, 4.69) is 15.6 Å². The number of aromatic nitrogens is 1. The van der Waals surface area contributed by atoms with E-state index in [0.717, 1.165) is 0 Å². The summed E-state index contributed by atoms with van der Waals surface area (Å²) in [5.41, 5.74) is 0.146. The molecule has 1 aliphatic heterocycles. The third-order valence-corrected chi connectivity index (χ3v) is 3.27. The van der Waals surface area contributed by atoms with E-state index in [0.29, 0.717) is 37.7 Å². The molecule has 0 atom stereocenters. The normalized spacial score (nSPS) is 15.2. The van der Waals surface area contributed by atoms with Gasteiger partial charge in [0.05, 0.1) is 25.3 Å². The van der Waals surface area contributed by atoms with Crippen LogP contribution in [-0.2, 0) is 9.53 Å². The zero-order chi connectivity index (χ0) is 16.9. The van der Waals surface area contributed by atoms with E-state index in [-0.39, 0.29) is 23.9 Å². The predicted octanol–water partition coefficient (Wildman–Crippen LogP) is 0.563. The smallest absolute Gasteiger partial charge is 0.255 e. The molecule has 0 aliphatic carbocycles. The average molecular weight is 320 g/mol. The van der Waals surface area contributed by atoms with Gasteiger partial charge < -0.3 is 20.3 Å². The van der Waals surface area contributed by atoms with Crippen LogP contribution in [0, 0.1) is 0 Å². The Balaban J connectivity index is 2.00. The summed E-state index contributed by atoms with van der Waals surface area (Å²) in [6.45, 7) is 8.24. The highest BCUT2D eigenvalue weighted by Gasteiger charge is 2.20. The van der Waals surface area contributed by atoms with Gasteiger partial charge in [-0.15, -0.1) is 0 Å². The molecule has 0 radical (unpaired) electrons. The van der Waals surface area contributed by atoms with Gasteiger partial charge in [0.1, 0.15) is 5.82 Å². The van der Waals surface area contributed by atoms with Gasteiger partial charge in [-0.05, 0) is 32.9 Å². The SMILES string of the molecule is CC(C)(C)NC(=O)CNC(=O)c1cccnc1N1CCOCC1. The molecule has 2 N–H and O–H groups in total. The lowest BCUT2D eigenvalue weighted by atomic mass is 10.1. The van der Waals surface area contributed by atoms with Crippen molar-refractivity contribution in [1.29, 1.82) is 0 Å². The minimum Gasteiger partial charge on any atom is -0.378 e. The minimum atomic E-state index is -0.324. The zero-order valence-corrected chi connectivity index (χ0v) is 13.9. The predicted molar refractivity (Wildman–Crippen MR) is 87.5 cm³/mol. The molecule has 0 aromatic carbocycles. The van der Waals surface area contributed by atoms with Crippen LogP contribution in [0.2, 0.25) is 0 Å². The summed E-state index contributed by atoms with van der Waals surface area (Å²) in [7, 11) is 0. The number of carbonyl (C=O) groups is 2. The number of anilines is 1. The van der Waals surface area contributed by atoms with Crippen LogP contribution in [0.3, 0.4) is 0 Å². The molecule has 2 rings (SSSR count). The van der Waals surface area contributed by atoms with Gasteiger partial charge in [-0.25, -0.2) is 4.98 Å². The van der Waals surface area contributed by atoms with Gasteiger partial charge in [-0.3, -0.25) is 9.59 Å². The van der Waals surface area contributed by atoms with Crippen LogP contribution in [0.15, 0.2) is 18.3 Å². The highest BCUT2D eigenvalue weighted by molar-refractivity contribution is 6.00. The number of hydrogen-bond donors (Lipinski definition) is 2. The van der Waals surface area contributed by atoms with E-state index in [1.165, 1.54) is 0 Å². The van der Waals surface area contributed by atoms with Crippen molar-refractivity contribution in [2.24, 2.45) is 0 Å². The van der Waals surface area contributed by atoms with E-state index >= 15 is 0 Å². The highest BCUT2D eigenvalue weighted by atomic mass is 16.5. The van der Waals surface area contributed by atoms with Crippen molar-refractivity contribution in [3.05, 3.63) is 23.9 Å². The number of pyridine rings is 1. The molecule has 1 aromatic rings. The lowest BCUT2D eigenvalue weighted by Gasteiger charge is -2.29. The van der Waals surface area contributed by atoms with Crippen molar-refractivity contribution in [2.75, 3.05) is 37.7 Å². The first-order valence-electron chi connectivity index (χ1n) is 7.74. The number of nitrogens with one attached hydrogen (secondary N) is 2. The van der Waals surface area contributed by atoms with Gasteiger partial charge in [0.15, 0.2) is 0 Å². The largest absolute Gasteiger partial charge is 0.378 e. The zero-order valence-electron chi connectivity index (χ0n) is 13.9. The summed E-state index contributed by atoms with van der Waals surface area (Å²) in [5.74, 6) is 0.107. The van der Waals surface area contributed by atoms with Crippen LogP contribution in [-0.4, -0.2) is 55.2 Å². The second-order valence-electron chi connectivity index (χ2n) is 6.45. The van der Waals surface area contributed by atoms with Gasteiger partial charge in [-0.1, -0.05) is 0 Å². The fourth-order valence-electron chi connectivity index (χ4n) is 2.32. The quantitative estimate of drug-likeness (QED) is 0.847. The number of ether oxygens (including phenoxy) is 1. The van der Waals surface area contributed by atoms with Gasteiger partial charge in [-0.2, -0.15) is 0 Å². The lowest BCUT2D eigenvalue weighted by molar-refractivity contribution is -0.121. The molecule has 23 heavy (non-hydrogen) atoms. The Morgan fingerprint density at radius 1 is 1.30 bits per heavy atom. The van der Waals surface area contributed by atoms with Crippen molar-refractivity contribution < 1.29 is 14.3 Å².